The van der Waals surface area contributed by atoms with E-state index < -0.39 is 18.0 Å². The van der Waals surface area contributed by atoms with Crippen LogP contribution in [0.5, 0.6) is 11.5 Å². The van der Waals surface area contributed by atoms with Crippen molar-refractivity contribution in [1.29, 1.82) is 0 Å². The number of carbonyl (C=O) groups is 2. The third-order valence-corrected chi connectivity index (χ3v) is 4.64. The van der Waals surface area contributed by atoms with E-state index in [1.54, 1.807) is 29.6 Å². The van der Waals surface area contributed by atoms with Gasteiger partial charge in [-0.15, -0.1) is 0 Å². The number of methoxy groups -OCH3 is 2. The smallest absolute Gasteiger partial charge is 0.311 e. The highest BCUT2D eigenvalue weighted by molar-refractivity contribution is 5.95. The van der Waals surface area contributed by atoms with Crippen LogP contribution in [0.3, 0.4) is 0 Å². The van der Waals surface area contributed by atoms with Gasteiger partial charge >= 0.3 is 5.97 Å². The fourth-order valence-corrected chi connectivity index (χ4v) is 3.01. The van der Waals surface area contributed by atoms with E-state index in [1.165, 1.54) is 27.5 Å². The minimum atomic E-state index is -0.991. The van der Waals surface area contributed by atoms with Crippen LogP contribution in [0.4, 0.5) is 5.69 Å². The second kappa shape index (κ2) is 8.76. The topological polar surface area (TPSA) is 117 Å². The normalized spacial score (nSPS) is 11.8. The largest absolute Gasteiger partial charge is 0.493 e. The molecule has 158 valence electrons. The molecule has 3 aromatic rings. The molecule has 0 aliphatic heterocycles. The zero-order valence-corrected chi connectivity index (χ0v) is 17.4. The van der Waals surface area contributed by atoms with Crippen LogP contribution in [0.1, 0.15) is 23.9 Å². The Balaban J connectivity index is 1.65. The van der Waals surface area contributed by atoms with Gasteiger partial charge in [0.1, 0.15) is 6.33 Å². The zero-order valence-electron chi connectivity index (χ0n) is 17.4. The quantitative estimate of drug-likeness (QED) is 0.584. The van der Waals surface area contributed by atoms with Crippen molar-refractivity contribution in [1.82, 2.24) is 19.6 Å². The standard InChI is InChI=1S/C20H23N5O5/c1-11-15(12(2)25-20(23-11)21-10-22-25)9-18(26)30-13(3)19(27)24-14-6-7-16(28-4)17(8-14)29-5/h6-8,10,13H,9H2,1-5H3,(H,24,27)/t13-/m1/s1. The second-order valence-electron chi connectivity index (χ2n) is 6.60. The molecule has 1 amide bonds. The summed E-state index contributed by atoms with van der Waals surface area (Å²) in [7, 11) is 3.03. The first-order valence-corrected chi connectivity index (χ1v) is 9.22. The van der Waals surface area contributed by atoms with E-state index in [0.29, 0.717) is 34.2 Å². The van der Waals surface area contributed by atoms with Crippen LogP contribution in [-0.2, 0) is 20.7 Å². The van der Waals surface area contributed by atoms with Gasteiger partial charge in [0.25, 0.3) is 11.7 Å². The van der Waals surface area contributed by atoms with E-state index >= 15 is 0 Å². The number of hydrogen-bond donors (Lipinski definition) is 1. The number of carbonyl (C=O) groups excluding carboxylic acids is 2. The minimum Gasteiger partial charge on any atom is -0.493 e. The Labute approximate surface area is 173 Å². The van der Waals surface area contributed by atoms with E-state index in [9.17, 15) is 9.59 Å². The first-order valence-electron chi connectivity index (χ1n) is 9.22. The molecule has 0 unspecified atom stereocenters. The molecule has 0 saturated carbocycles. The molecular formula is C20H23N5O5. The molecule has 0 spiro atoms. The van der Waals surface area contributed by atoms with E-state index in [-0.39, 0.29) is 6.42 Å². The first-order chi connectivity index (χ1) is 14.3. The van der Waals surface area contributed by atoms with Crippen LogP contribution < -0.4 is 14.8 Å². The van der Waals surface area contributed by atoms with Crippen molar-refractivity contribution in [2.45, 2.75) is 33.3 Å². The number of nitrogens with one attached hydrogen (secondary N) is 1. The van der Waals surface area contributed by atoms with Gasteiger partial charge in [0.05, 0.1) is 20.6 Å². The van der Waals surface area contributed by atoms with E-state index in [4.69, 9.17) is 14.2 Å². The monoisotopic (exact) mass is 413 g/mol. The van der Waals surface area contributed by atoms with Crippen LogP contribution >= 0.6 is 0 Å². The summed E-state index contributed by atoms with van der Waals surface area (Å²) in [6.07, 6.45) is 0.376. The molecule has 1 atom stereocenters. The molecule has 0 aliphatic rings. The maximum atomic E-state index is 12.4. The van der Waals surface area contributed by atoms with Gasteiger partial charge in [-0.2, -0.15) is 10.1 Å². The molecule has 10 heteroatoms. The third kappa shape index (κ3) is 4.32. The van der Waals surface area contributed by atoms with Gasteiger partial charge in [-0.25, -0.2) is 9.50 Å². The van der Waals surface area contributed by atoms with Crippen LogP contribution in [0.2, 0.25) is 0 Å². The molecule has 0 bridgehead atoms. The summed E-state index contributed by atoms with van der Waals surface area (Å²) in [5.41, 5.74) is 2.58. The van der Waals surface area contributed by atoms with Crippen LogP contribution in [-0.4, -0.2) is 51.8 Å². The zero-order chi connectivity index (χ0) is 21.8. The fourth-order valence-electron chi connectivity index (χ4n) is 3.01. The van der Waals surface area contributed by atoms with Crippen LogP contribution in [0, 0.1) is 13.8 Å². The van der Waals surface area contributed by atoms with E-state index in [0.717, 1.165) is 5.69 Å². The van der Waals surface area contributed by atoms with Gasteiger partial charge in [0.2, 0.25) is 0 Å². The van der Waals surface area contributed by atoms with Crippen molar-refractivity contribution in [3.63, 3.8) is 0 Å². The highest BCUT2D eigenvalue weighted by atomic mass is 16.5. The summed E-state index contributed by atoms with van der Waals surface area (Å²) < 4.78 is 17.3. The summed E-state index contributed by atoms with van der Waals surface area (Å²) in [5.74, 6) is 0.469. The Kier molecular flexibility index (Phi) is 6.14. The SMILES string of the molecule is COc1ccc(NC(=O)[C@@H](C)OC(=O)Cc2c(C)nc3ncnn3c2C)cc1OC. The average molecular weight is 413 g/mol. The Morgan fingerprint density at radius 1 is 1.17 bits per heavy atom. The molecule has 10 nitrogen and oxygen atoms in total. The summed E-state index contributed by atoms with van der Waals surface area (Å²) in [6.45, 7) is 5.12. The van der Waals surface area contributed by atoms with Gasteiger partial charge in [-0.05, 0) is 32.9 Å². The number of benzene rings is 1. The lowest BCUT2D eigenvalue weighted by Crippen LogP contribution is -2.30. The number of nitrogens with zero attached hydrogens (tertiary/aromatic N) is 4. The van der Waals surface area contributed by atoms with Crippen LogP contribution in [0.15, 0.2) is 24.5 Å². The molecule has 0 fully saturated rings. The van der Waals surface area contributed by atoms with Crippen molar-refractivity contribution in [3.05, 3.63) is 41.5 Å². The molecule has 2 heterocycles. The van der Waals surface area contributed by atoms with Crippen molar-refractivity contribution in [2.24, 2.45) is 0 Å². The molecule has 0 radical (unpaired) electrons. The number of aryl methyl sites for hydroxylation is 2. The molecule has 1 N–H and O–H groups in total. The molecule has 30 heavy (non-hydrogen) atoms. The fraction of sp³-hybridized carbons (Fsp3) is 0.350. The molecule has 3 rings (SSSR count). The summed E-state index contributed by atoms with van der Waals surface area (Å²) in [4.78, 5) is 33.2. The Hall–Kier alpha value is -3.69. The maximum Gasteiger partial charge on any atom is 0.311 e. The van der Waals surface area contributed by atoms with E-state index in [1.807, 2.05) is 6.92 Å². The number of fused-ring (bicyclic) bond motifs is 1. The molecule has 1 aromatic carbocycles. The second-order valence-corrected chi connectivity index (χ2v) is 6.60. The van der Waals surface area contributed by atoms with Crippen molar-refractivity contribution < 1.29 is 23.8 Å². The lowest BCUT2D eigenvalue weighted by Gasteiger charge is -2.16. The number of anilines is 1. The average Bonchev–Trinajstić information content (AvgIpc) is 3.19. The number of rotatable bonds is 7. The third-order valence-electron chi connectivity index (χ3n) is 4.64. The highest BCUT2D eigenvalue weighted by Gasteiger charge is 2.21. The highest BCUT2D eigenvalue weighted by Crippen LogP contribution is 2.29. The lowest BCUT2D eigenvalue weighted by molar-refractivity contribution is -0.152. The van der Waals surface area contributed by atoms with Crippen molar-refractivity contribution in [2.75, 3.05) is 19.5 Å². The predicted octanol–water partition coefficient (Wildman–Crippen LogP) is 1.87. The minimum absolute atomic E-state index is 0.0333. The van der Waals surface area contributed by atoms with E-state index in [2.05, 4.69) is 20.4 Å². The molecule has 0 aliphatic carbocycles. The lowest BCUT2D eigenvalue weighted by atomic mass is 10.1. The summed E-state index contributed by atoms with van der Waals surface area (Å²) >= 11 is 0. The number of ether oxygens (including phenoxy) is 3. The summed E-state index contributed by atoms with van der Waals surface area (Å²) in [5, 5.41) is 6.79. The van der Waals surface area contributed by atoms with Gasteiger partial charge in [0.15, 0.2) is 17.6 Å². The maximum absolute atomic E-state index is 12.4. The molecule has 2 aromatic heterocycles. The van der Waals surface area contributed by atoms with Gasteiger partial charge in [-0.3, -0.25) is 9.59 Å². The Morgan fingerprint density at radius 3 is 2.60 bits per heavy atom. The molecule has 0 saturated heterocycles. The number of hydrogen-bond acceptors (Lipinski definition) is 8. The van der Waals surface area contributed by atoms with Gasteiger partial charge in [-0.1, -0.05) is 0 Å². The van der Waals surface area contributed by atoms with Gasteiger partial charge in [0, 0.05) is 28.7 Å². The van der Waals surface area contributed by atoms with Gasteiger partial charge < -0.3 is 19.5 Å². The number of amides is 1. The summed E-state index contributed by atoms with van der Waals surface area (Å²) in [6, 6.07) is 4.96. The Morgan fingerprint density at radius 2 is 1.90 bits per heavy atom. The predicted molar refractivity (Wildman–Crippen MR) is 108 cm³/mol. The molecular weight excluding hydrogens is 390 g/mol. The van der Waals surface area contributed by atoms with Crippen LogP contribution in [0.25, 0.3) is 5.78 Å². The first kappa shape index (κ1) is 21.0. The number of esters is 1. The number of aromatic nitrogens is 4. The van der Waals surface area contributed by atoms with Crippen molar-refractivity contribution >= 4 is 23.3 Å². The Bertz CT molecular complexity index is 1090. The van der Waals surface area contributed by atoms with Crippen molar-refractivity contribution in [3.8, 4) is 11.5 Å².